The molecule has 2 bridgehead atoms. The zero-order chi connectivity index (χ0) is 26.8. The summed E-state index contributed by atoms with van der Waals surface area (Å²) in [5.74, 6) is -0.779. The Hall–Kier alpha value is -3.87. The van der Waals surface area contributed by atoms with Gasteiger partial charge in [0.1, 0.15) is 6.23 Å². The fraction of sp³-hybridized carbons (Fsp3) is 0.303. The number of aliphatic hydroxyl groups is 1. The highest BCUT2D eigenvalue weighted by atomic mass is 16.4. The predicted molar refractivity (Wildman–Crippen MR) is 153 cm³/mol. The number of hydrogen-bond donors (Lipinski definition) is 2. The van der Waals surface area contributed by atoms with Crippen LogP contribution >= 0.6 is 0 Å². The van der Waals surface area contributed by atoms with Crippen LogP contribution in [0, 0.1) is 0 Å². The summed E-state index contributed by atoms with van der Waals surface area (Å²) in [5.41, 5.74) is 7.70. The van der Waals surface area contributed by atoms with Gasteiger partial charge in [0.15, 0.2) is 0 Å². The molecule has 4 aromatic rings. The topological polar surface area (TPSA) is 86.5 Å². The van der Waals surface area contributed by atoms with Crippen molar-refractivity contribution in [2.24, 2.45) is 0 Å². The van der Waals surface area contributed by atoms with Gasteiger partial charge in [0, 0.05) is 24.1 Å². The molecule has 1 aromatic heterocycles. The standard InChI is InChI=1S/C33H33N3O3/c37-31(38)14-8-7-13-29-32(23-11-5-2-6-12-23)35-28-18-15-24(21-30(28)34-29)33(39)36-26-16-17-27(36)20-25(19-26)22-9-3-1-4-10-22/h1-6,9-12,15,18-19,21,26-27,33,39H,7-8,13-14,16-17,20H2,(H,37,38). The molecule has 6 rings (SSSR count). The predicted octanol–water partition coefficient (Wildman–Crippen LogP) is 6.41. The maximum absolute atomic E-state index is 11.6. The first-order valence-electron chi connectivity index (χ1n) is 13.9. The number of hydrogen-bond acceptors (Lipinski definition) is 5. The van der Waals surface area contributed by atoms with E-state index in [0.717, 1.165) is 59.2 Å². The lowest BCUT2D eigenvalue weighted by molar-refractivity contribution is -0.137. The summed E-state index contributed by atoms with van der Waals surface area (Å²) in [6.07, 6.45) is 6.80. The monoisotopic (exact) mass is 519 g/mol. The number of aryl methyl sites for hydroxylation is 1. The second kappa shape index (κ2) is 11.1. The SMILES string of the molecule is O=C(O)CCCCc1nc2cc(C(O)N3C4C=C(c5ccccc5)CC3CC4)ccc2nc1-c1ccccc1. The molecule has 2 N–H and O–H groups in total. The van der Waals surface area contributed by atoms with Crippen molar-refractivity contribution in [2.75, 3.05) is 0 Å². The van der Waals surface area contributed by atoms with Gasteiger partial charge in [-0.25, -0.2) is 9.97 Å². The van der Waals surface area contributed by atoms with E-state index in [1.165, 1.54) is 11.1 Å². The average molecular weight is 520 g/mol. The molecule has 0 amide bonds. The van der Waals surface area contributed by atoms with Gasteiger partial charge in [-0.3, -0.25) is 9.69 Å². The third-order valence-electron chi connectivity index (χ3n) is 8.04. The van der Waals surface area contributed by atoms with Crippen molar-refractivity contribution in [1.82, 2.24) is 14.9 Å². The molecule has 6 heteroatoms. The maximum atomic E-state index is 11.6. The van der Waals surface area contributed by atoms with Crippen molar-refractivity contribution in [3.8, 4) is 11.3 Å². The van der Waals surface area contributed by atoms with Crippen LogP contribution in [-0.4, -0.2) is 43.1 Å². The molecule has 0 spiro atoms. The first-order valence-corrected chi connectivity index (χ1v) is 13.9. The number of nitrogens with zero attached hydrogens (tertiary/aromatic N) is 3. The number of aliphatic hydroxyl groups excluding tert-OH is 1. The Morgan fingerprint density at radius 2 is 1.64 bits per heavy atom. The van der Waals surface area contributed by atoms with E-state index in [4.69, 9.17) is 15.1 Å². The van der Waals surface area contributed by atoms with Crippen LogP contribution in [0.15, 0.2) is 84.9 Å². The highest BCUT2D eigenvalue weighted by Crippen LogP contribution is 2.42. The molecular formula is C33H33N3O3. The Balaban J connectivity index is 1.29. The van der Waals surface area contributed by atoms with E-state index in [2.05, 4.69) is 35.2 Å². The lowest BCUT2D eigenvalue weighted by atomic mass is 9.94. The van der Waals surface area contributed by atoms with Crippen LogP contribution in [0.2, 0.25) is 0 Å². The number of benzene rings is 3. The van der Waals surface area contributed by atoms with Gasteiger partial charge < -0.3 is 10.2 Å². The zero-order valence-corrected chi connectivity index (χ0v) is 21.9. The molecule has 1 fully saturated rings. The first kappa shape index (κ1) is 25.4. The van der Waals surface area contributed by atoms with Gasteiger partial charge >= 0.3 is 5.97 Å². The Labute approximate surface area is 228 Å². The maximum Gasteiger partial charge on any atom is 0.303 e. The van der Waals surface area contributed by atoms with Crippen LogP contribution in [0.5, 0.6) is 0 Å². The number of aromatic nitrogens is 2. The second-order valence-electron chi connectivity index (χ2n) is 10.6. The van der Waals surface area contributed by atoms with Crippen molar-refractivity contribution in [2.45, 2.75) is 63.3 Å². The Morgan fingerprint density at radius 3 is 2.36 bits per heavy atom. The Kier molecular flexibility index (Phi) is 7.22. The molecular weight excluding hydrogens is 486 g/mol. The van der Waals surface area contributed by atoms with Crippen LogP contribution < -0.4 is 0 Å². The van der Waals surface area contributed by atoms with E-state index in [1.807, 2.05) is 54.6 Å². The van der Waals surface area contributed by atoms with Crippen molar-refractivity contribution in [3.05, 3.63) is 102 Å². The molecule has 6 nitrogen and oxygen atoms in total. The van der Waals surface area contributed by atoms with Crippen molar-refractivity contribution in [3.63, 3.8) is 0 Å². The molecule has 2 aliphatic heterocycles. The van der Waals surface area contributed by atoms with Gasteiger partial charge in [-0.05, 0) is 67.4 Å². The normalized spacial score (nSPS) is 19.7. The minimum absolute atomic E-state index is 0.149. The highest BCUT2D eigenvalue weighted by molar-refractivity contribution is 5.79. The van der Waals surface area contributed by atoms with E-state index in [1.54, 1.807) is 0 Å². The van der Waals surface area contributed by atoms with Gasteiger partial charge in [0.2, 0.25) is 0 Å². The van der Waals surface area contributed by atoms with E-state index in [0.29, 0.717) is 18.9 Å². The number of carboxylic acids is 1. The van der Waals surface area contributed by atoms with E-state index in [-0.39, 0.29) is 12.5 Å². The summed E-state index contributed by atoms with van der Waals surface area (Å²) in [7, 11) is 0. The molecule has 2 aliphatic rings. The Morgan fingerprint density at radius 1 is 0.897 bits per heavy atom. The Bertz CT molecular complexity index is 1500. The lowest BCUT2D eigenvalue weighted by Crippen LogP contribution is -2.41. The molecule has 39 heavy (non-hydrogen) atoms. The first-order chi connectivity index (χ1) is 19.1. The minimum atomic E-state index is -0.779. The smallest absolute Gasteiger partial charge is 0.303 e. The number of aliphatic carboxylic acids is 1. The van der Waals surface area contributed by atoms with Gasteiger partial charge in [0.05, 0.1) is 22.4 Å². The van der Waals surface area contributed by atoms with Crippen LogP contribution in [0.3, 0.4) is 0 Å². The number of carboxylic acid groups (broad SMARTS) is 1. The number of rotatable bonds is 9. The molecule has 0 saturated carbocycles. The number of fused-ring (bicyclic) bond motifs is 3. The highest BCUT2D eigenvalue weighted by Gasteiger charge is 2.40. The van der Waals surface area contributed by atoms with Crippen molar-refractivity contribution in [1.29, 1.82) is 0 Å². The lowest BCUT2D eigenvalue weighted by Gasteiger charge is -2.37. The molecule has 3 atom stereocenters. The molecule has 3 unspecified atom stereocenters. The quantitative estimate of drug-likeness (QED) is 0.249. The van der Waals surface area contributed by atoms with Crippen LogP contribution in [-0.2, 0) is 11.2 Å². The summed E-state index contributed by atoms with van der Waals surface area (Å²) >= 11 is 0. The summed E-state index contributed by atoms with van der Waals surface area (Å²) < 4.78 is 0. The van der Waals surface area contributed by atoms with Gasteiger partial charge in [0.25, 0.3) is 0 Å². The van der Waals surface area contributed by atoms with Gasteiger partial charge in [-0.1, -0.05) is 72.8 Å². The van der Waals surface area contributed by atoms with Crippen LogP contribution in [0.4, 0.5) is 0 Å². The third-order valence-corrected chi connectivity index (χ3v) is 8.04. The largest absolute Gasteiger partial charge is 0.481 e. The van der Waals surface area contributed by atoms with Crippen LogP contribution in [0.25, 0.3) is 27.9 Å². The number of carbonyl (C=O) groups is 1. The van der Waals surface area contributed by atoms with Crippen molar-refractivity contribution >= 4 is 22.6 Å². The molecule has 3 aromatic carbocycles. The van der Waals surface area contributed by atoms with E-state index < -0.39 is 12.2 Å². The summed E-state index contributed by atoms with van der Waals surface area (Å²) in [4.78, 5) is 23.2. The average Bonchev–Trinajstić information content (AvgIpc) is 3.23. The van der Waals surface area contributed by atoms with E-state index >= 15 is 0 Å². The number of unbranched alkanes of at least 4 members (excludes halogenated alkanes) is 1. The molecule has 0 radical (unpaired) electrons. The molecule has 3 heterocycles. The summed E-state index contributed by atoms with van der Waals surface area (Å²) in [5, 5.41) is 20.6. The minimum Gasteiger partial charge on any atom is -0.481 e. The molecule has 0 aliphatic carbocycles. The summed E-state index contributed by atoms with van der Waals surface area (Å²) in [6, 6.07) is 27.0. The second-order valence-corrected chi connectivity index (χ2v) is 10.6. The third kappa shape index (κ3) is 5.35. The molecule has 1 saturated heterocycles. The van der Waals surface area contributed by atoms with Crippen LogP contribution in [0.1, 0.15) is 61.6 Å². The fourth-order valence-electron chi connectivity index (χ4n) is 6.12. The van der Waals surface area contributed by atoms with Crippen molar-refractivity contribution < 1.29 is 15.0 Å². The molecule has 198 valence electrons. The fourth-order valence-corrected chi connectivity index (χ4v) is 6.12. The zero-order valence-electron chi connectivity index (χ0n) is 21.9. The van der Waals surface area contributed by atoms with E-state index in [9.17, 15) is 9.90 Å². The van der Waals surface area contributed by atoms with Gasteiger partial charge in [-0.15, -0.1) is 0 Å². The van der Waals surface area contributed by atoms with Gasteiger partial charge in [-0.2, -0.15) is 0 Å². The summed E-state index contributed by atoms with van der Waals surface area (Å²) in [6.45, 7) is 0.